The van der Waals surface area contributed by atoms with Crippen LogP contribution in [-0.4, -0.2) is 34.6 Å². The molecule has 1 aliphatic rings. The minimum Gasteiger partial charge on any atom is -0.352 e. The zero-order chi connectivity index (χ0) is 22.9. The number of halogens is 2. The second-order valence-electron chi connectivity index (χ2n) is 8.26. The number of carbonyl (C=O) groups is 2. The van der Waals surface area contributed by atoms with E-state index in [4.69, 9.17) is 11.6 Å². The first-order valence-corrected chi connectivity index (χ1v) is 12.6. The van der Waals surface area contributed by atoms with Crippen molar-refractivity contribution in [1.29, 1.82) is 0 Å². The Balaban J connectivity index is 1.66. The molecule has 1 unspecified atom stereocenters. The van der Waals surface area contributed by atoms with Crippen molar-refractivity contribution in [3.63, 3.8) is 0 Å². The summed E-state index contributed by atoms with van der Waals surface area (Å²) in [4.78, 5) is 27.7. The van der Waals surface area contributed by atoms with Gasteiger partial charge in [-0.2, -0.15) is 0 Å². The molecule has 0 saturated heterocycles. The van der Waals surface area contributed by atoms with Crippen LogP contribution in [0.3, 0.4) is 0 Å². The second kappa shape index (κ2) is 12.3. The van der Waals surface area contributed by atoms with Gasteiger partial charge in [0, 0.05) is 23.4 Å². The molecule has 172 valence electrons. The summed E-state index contributed by atoms with van der Waals surface area (Å²) in [5.41, 5.74) is 1.43. The Hall–Kier alpha value is -2.05. The maximum absolute atomic E-state index is 13.9. The first-order chi connectivity index (χ1) is 15.4. The summed E-state index contributed by atoms with van der Waals surface area (Å²) < 4.78 is 13.9. The molecule has 0 heterocycles. The summed E-state index contributed by atoms with van der Waals surface area (Å²) in [5, 5.41) is 3.71. The molecular weight excluding hydrogens is 447 g/mol. The third-order valence-corrected chi connectivity index (χ3v) is 7.00. The van der Waals surface area contributed by atoms with Crippen LogP contribution in [0, 0.1) is 5.82 Å². The number of rotatable bonds is 9. The van der Waals surface area contributed by atoms with Gasteiger partial charge in [-0.25, -0.2) is 4.39 Å². The minimum atomic E-state index is -0.613. The van der Waals surface area contributed by atoms with Gasteiger partial charge in [-0.05, 0) is 49.1 Å². The predicted molar refractivity (Wildman–Crippen MR) is 129 cm³/mol. The number of thioether (sulfide) groups is 1. The van der Waals surface area contributed by atoms with E-state index in [0.29, 0.717) is 22.9 Å². The molecule has 1 N–H and O–H groups in total. The van der Waals surface area contributed by atoms with Crippen molar-refractivity contribution in [3.05, 3.63) is 70.5 Å². The van der Waals surface area contributed by atoms with E-state index in [1.54, 1.807) is 42.2 Å². The SMILES string of the molecule is CC(C(=O)NC1CCCCC1)N(Cc1cccc(Cl)c1)C(=O)CSCc1ccccc1F. The highest BCUT2D eigenvalue weighted by atomic mass is 35.5. The van der Waals surface area contributed by atoms with Crippen molar-refractivity contribution in [1.82, 2.24) is 10.2 Å². The van der Waals surface area contributed by atoms with E-state index in [1.807, 2.05) is 12.1 Å². The highest BCUT2D eigenvalue weighted by molar-refractivity contribution is 7.99. The molecule has 1 atom stereocenters. The van der Waals surface area contributed by atoms with Gasteiger partial charge in [0.25, 0.3) is 0 Å². The van der Waals surface area contributed by atoms with Gasteiger partial charge in [-0.15, -0.1) is 11.8 Å². The predicted octanol–water partition coefficient (Wildman–Crippen LogP) is 5.58. The average molecular weight is 477 g/mol. The Kier molecular flexibility index (Phi) is 9.42. The lowest BCUT2D eigenvalue weighted by Crippen LogP contribution is -2.50. The molecule has 0 radical (unpaired) electrons. The second-order valence-corrected chi connectivity index (χ2v) is 9.68. The summed E-state index contributed by atoms with van der Waals surface area (Å²) in [7, 11) is 0. The van der Waals surface area contributed by atoms with Crippen LogP contribution in [-0.2, 0) is 21.9 Å². The van der Waals surface area contributed by atoms with Gasteiger partial charge >= 0.3 is 0 Å². The van der Waals surface area contributed by atoms with Gasteiger partial charge in [-0.1, -0.05) is 61.2 Å². The van der Waals surface area contributed by atoms with Gasteiger partial charge in [0.15, 0.2) is 0 Å². The van der Waals surface area contributed by atoms with Crippen molar-refractivity contribution in [2.24, 2.45) is 0 Å². The molecule has 4 nitrogen and oxygen atoms in total. The van der Waals surface area contributed by atoms with Crippen LogP contribution in [0.1, 0.15) is 50.2 Å². The number of nitrogens with one attached hydrogen (secondary N) is 1. The van der Waals surface area contributed by atoms with Crippen LogP contribution in [0.2, 0.25) is 5.02 Å². The smallest absolute Gasteiger partial charge is 0.242 e. The van der Waals surface area contributed by atoms with Gasteiger partial charge < -0.3 is 10.2 Å². The Bertz CT molecular complexity index is 920. The Morgan fingerprint density at radius 2 is 1.91 bits per heavy atom. The molecule has 0 aliphatic heterocycles. The molecule has 0 aromatic heterocycles. The third-order valence-electron chi connectivity index (χ3n) is 5.80. The first kappa shape index (κ1) is 24.6. The largest absolute Gasteiger partial charge is 0.352 e. The lowest BCUT2D eigenvalue weighted by Gasteiger charge is -2.31. The molecule has 7 heteroatoms. The lowest BCUT2D eigenvalue weighted by atomic mass is 9.95. The number of nitrogens with zero attached hydrogens (tertiary/aromatic N) is 1. The van der Waals surface area contributed by atoms with Crippen LogP contribution in [0.15, 0.2) is 48.5 Å². The first-order valence-electron chi connectivity index (χ1n) is 11.1. The minimum absolute atomic E-state index is 0.133. The van der Waals surface area contributed by atoms with E-state index >= 15 is 0 Å². The molecule has 0 spiro atoms. The summed E-state index contributed by atoms with van der Waals surface area (Å²) in [5.74, 6) is -0.00499. The third kappa shape index (κ3) is 7.24. The van der Waals surface area contributed by atoms with Crippen LogP contribution in [0.25, 0.3) is 0 Å². The molecule has 2 aromatic rings. The van der Waals surface area contributed by atoms with Crippen molar-refractivity contribution < 1.29 is 14.0 Å². The zero-order valence-corrected chi connectivity index (χ0v) is 19.9. The Morgan fingerprint density at radius 3 is 2.62 bits per heavy atom. The van der Waals surface area contributed by atoms with E-state index in [-0.39, 0.29) is 29.4 Å². The van der Waals surface area contributed by atoms with Gasteiger partial charge in [0.1, 0.15) is 11.9 Å². The topological polar surface area (TPSA) is 49.4 Å². The van der Waals surface area contributed by atoms with Gasteiger partial charge in [0.05, 0.1) is 5.75 Å². The molecule has 2 aromatic carbocycles. The van der Waals surface area contributed by atoms with E-state index < -0.39 is 6.04 Å². The highest BCUT2D eigenvalue weighted by Gasteiger charge is 2.28. The molecule has 1 saturated carbocycles. The van der Waals surface area contributed by atoms with Gasteiger partial charge in [0.2, 0.25) is 11.8 Å². The van der Waals surface area contributed by atoms with E-state index in [2.05, 4.69) is 5.32 Å². The van der Waals surface area contributed by atoms with Crippen LogP contribution in [0.5, 0.6) is 0 Å². The summed E-state index contributed by atoms with van der Waals surface area (Å²) in [6.45, 7) is 2.06. The van der Waals surface area contributed by atoms with Crippen molar-refractivity contribution in [2.75, 3.05) is 5.75 Å². The zero-order valence-electron chi connectivity index (χ0n) is 18.4. The van der Waals surface area contributed by atoms with Crippen LogP contribution < -0.4 is 5.32 Å². The molecule has 1 fully saturated rings. The van der Waals surface area contributed by atoms with E-state index in [0.717, 1.165) is 31.2 Å². The summed E-state index contributed by atoms with van der Waals surface area (Å²) >= 11 is 7.47. The number of carbonyl (C=O) groups excluding carboxylic acids is 2. The number of hydrogen-bond acceptors (Lipinski definition) is 3. The number of amides is 2. The average Bonchev–Trinajstić information content (AvgIpc) is 2.79. The van der Waals surface area contributed by atoms with Crippen LogP contribution in [0.4, 0.5) is 4.39 Å². The molecule has 0 bridgehead atoms. The normalized spacial score (nSPS) is 15.2. The van der Waals surface area contributed by atoms with Crippen molar-refractivity contribution in [2.45, 2.75) is 63.4 Å². The van der Waals surface area contributed by atoms with Crippen molar-refractivity contribution in [3.8, 4) is 0 Å². The molecule has 2 amide bonds. The highest BCUT2D eigenvalue weighted by Crippen LogP contribution is 2.20. The standard InChI is InChI=1S/C25H30ClFN2O2S/c1-18(25(31)28-22-11-3-2-4-12-22)29(15-19-8-7-10-21(26)14-19)24(30)17-32-16-20-9-5-6-13-23(20)27/h5-10,13-14,18,22H,2-4,11-12,15-17H2,1H3,(H,28,31). The Morgan fingerprint density at radius 1 is 1.16 bits per heavy atom. The molecule has 32 heavy (non-hydrogen) atoms. The van der Waals surface area contributed by atoms with Crippen molar-refractivity contribution >= 4 is 35.2 Å². The number of hydrogen-bond donors (Lipinski definition) is 1. The number of benzene rings is 2. The maximum Gasteiger partial charge on any atom is 0.242 e. The summed E-state index contributed by atoms with van der Waals surface area (Å²) in [6, 6.07) is 13.4. The fraction of sp³-hybridized carbons (Fsp3) is 0.440. The lowest BCUT2D eigenvalue weighted by molar-refractivity contribution is -0.139. The summed E-state index contributed by atoms with van der Waals surface area (Å²) in [6.07, 6.45) is 5.42. The van der Waals surface area contributed by atoms with Gasteiger partial charge in [-0.3, -0.25) is 9.59 Å². The van der Waals surface area contributed by atoms with Crippen LogP contribution >= 0.6 is 23.4 Å². The Labute approximate surface area is 198 Å². The molecular formula is C25H30ClFN2O2S. The van der Waals surface area contributed by atoms with E-state index in [9.17, 15) is 14.0 Å². The van der Waals surface area contributed by atoms with E-state index in [1.165, 1.54) is 24.2 Å². The monoisotopic (exact) mass is 476 g/mol. The quantitative estimate of drug-likeness (QED) is 0.514. The molecule has 1 aliphatic carbocycles. The maximum atomic E-state index is 13.9. The fourth-order valence-corrected chi connectivity index (χ4v) is 5.04. The molecule has 3 rings (SSSR count). The fourth-order valence-electron chi connectivity index (χ4n) is 3.93.